The molecule has 0 fully saturated rings. The topological polar surface area (TPSA) is 95.4 Å². The summed E-state index contributed by atoms with van der Waals surface area (Å²) in [5.74, 6) is -0.345. The smallest absolute Gasteiger partial charge is 0.368 e. The first-order valence-corrected chi connectivity index (χ1v) is 6.53. The molecule has 0 aliphatic heterocycles. The molecule has 0 radical (unpaired) electrons. The van der Waals surface area contributed by atoms with E-state index in [4.69, 9.17) is 4.42 Å². The van der Waals surface area contributed by atoms with Crippen molar-refractivity contribution in [1.29, 1.82) is 0 Å². The van der Waals surface area contributed by atoms with Gasteiger partial charge < -0.3 is 14.6 Å². The predicted molar refractivity (Wildman–Crippen MR) is 81.2 cm³/mol. The quantitative estimate of drug-likeness (QED) is 0.553. The van der Waals surface area contributed by atoms with Gasteiger partial charge in [-0.05, 0) is 31.2 Å². The van der Waals surface area contributed by atoms with Gasteiger partial charge in [0.1, 0.15) is 11.3 Å². The van der Waals surface area contributed by atoms with Gasteiger partial charge in [-0.2, -0.15) is 5.11 Å². The van der Waals surface area contributed by atoms with Gasteiger partial charge in [0, 0.05) is 5.56 Å². The molecule has 0 amide bonds. The van der Waals surface area contributed by atoms with E-state index in [1.54, 1.807) is 31.2 Å². The van der Waals surface area contributed by atoms with E-state index in [0.29, 0.717) is 11.3 Å². The van der Waals surface area contributed by atoms with Gasteiger partial charge in [-0.1, -0.05) is 18.2 Å². The van der Waals surface area contributed by atoms with Crippen molar-refractivity contribution >= 4 is 22.3 Å². The maximum Gasteiger partial charge on any atom is 0.368 e. The molecule has 110 valence electrons. The molecule has 0 unspecified atom stereocenters. The van der Waals surface area contributed by atoms with E-state index in [-0.39, 0.29) is 28.2 Å². The lowest BCUT2D eigenvalue weighted by Crippen LogP contribution is -1.99. The van der Waals surface area contributed by atoms with Crippen molar-refractivity contribution in [3.8, 4) is 11.5 Å². The fourth-order valence-electron chi connectivity index (χ4n) is 2.06. The molecule has 0 saturated heterocycles. The molecule has 0 atom stereocenters. The largest absolute Gasteiger partial charge is 0.508 e. The van der Waals surface area contributed by atoms with Crippen LogP contribution in [0.2, 0.25) is 0 Å². The Labute approximate surface area is 125 Å². The van der Waals surface area contributed by atoms with Crippen LogP contribution in [0, 0.1) is 6.92 Å². The van der Waals surface area contributed by atoms with Gasteiger partial charge in [-0.3, -0.25) is 0 Å². The number of benzene rings is 2. The van der Waals surface area contributed by atoms with Gasteiger partial charge in [0.15, 0.2) is 5.75 Å². The van der Waals surface area contributed by atoms with E-state index in [2.05, 4.69) is 10.2 Å². The van der Waals surface area contributed by atoms with E-state index in [1.165, 1.54) is 12.1 Å². The van der Waals surface area contributed by atoms with Crippen LogP contribution in [0.25, 0.3) is 11.0 Å². The molecule has 2 aromatic carbocycles. The van der Waals surface area contributed by atoms with E-state index in [0.717, 1.165) is 0 Å². The third-order valence-electron chi connectivity index (χ3n) is 3.27. The molecule has 0 saturated carbocycles. The standard InChI is InChI=1S/C16H12N2O4/c1-9-12(19)8-7-11-14(20)13(16(21)22-15(9)11)18-17-10-5-3-2-4-6-10/h2-8,19-20H,1H3/b18-17+. The summed E-state index contributed by atoms with van der Waals surface area (Å²) in [5.41, 5.74) is -0.0549. The molecule has 3 rings (SSSR count). The maximum atomic E-state index is 12.0. The van der Waals surface area contributed by atoms with Crippen LogP contribution in [-0.4, -0.2) is 10.2 Å². The van der Waals surface area contributed by atoms with Crippen molar-refractivity contribution in [3.05, 3.63) is 58.4 Å². The average Bonchev–Trinajstić information content (AvgIpc) is 2.52. The summed E-state index contributed by atoms with van der Waals surface area (Å²) in [6.45, 7) is 1.59. The Morgan fingerprint density at radius 1 is 1.00 bits per heavy atom. The van der Waals surface area contributed by atoms with Crippen LogP contribution in [-0.2, 0) is 0 Å². The summed E-state index contributed by atoms with van der Waals surface area (Å²) in [6.07, 6.45) is 0. The molecular weight excluding hydrogens is 284 g/mol. The van der Waals surface area contributed by atoms with E-state index >= 15 is 0 Å². The Balaban J connectivity index is 2.17. The Kier molecular flexibility index (Phi) is 3.34. The summed E-state index contributed by atoms with van der Waals surface area (Å²) in [4.78, 5) is 12.0. The van der Waals surface area contributed by atoms with Crippen molar-refractivity contribution in [2.75, 3.05) is 0 Å². The number of azo groups is 1. The predicted octanol–water partition coefficient (Wildman–Crippen LogP) is 3.93. The van der Waals surface area contributed by atoms with Crippen LogP contribution in [0.15, 0.2) is 61.9 Å². The number of aryl methyl sites for hydroxylation is 1. The SMILES string of the molecule is Cc1c(O)ccc2c(O)c(/N=N/c3ccccc3)c(=O)oc12. The summed E-state index contributed by atoms with van der Waals surface area (Å²) in [5, 5.41) is 27.8. The Bertz CT molecular complexity index is 930. The first-order valence-electron chi connectivity index (χ1n) is 6.53. The number of rotatable bonds is 2. The molecule has 2 N–H and O–H groups in total. The number of fused-ring (bicyclic) bond motifs is 1. The molecule has 0 spiro atoms. The Morgan fingerprint density at radius 2 is 1.73 bits per heavy atom. The van der Waals surface area contributed by atoms with Gasteiger partial charge >= 0.3 is 5.63 Å². The number of hydrogen-bond donors (Lipinski definition) is 2. The number of phenols is 1. The summed E-state index contributed by atoms with van der Waals surface area (Å²) in [7, 11) is 0. The highest BCUT2D eigenvalue weighted by atomic mass is 16.4. The van der Waals surface area contributed by atoms with Crippen molar-refractivity contribution in [1.82, 2.24) is 0 Å². The van der Waals surface area contributed by atoms with Gasteiger partial charge in [0.05, 0.1) is 11.1 Å². The summed E-state index contributed by atoms with van der Waals surface area (Å²) >= 11 is 0. The lowest BCUT2D eigenvalue weighted by molar-refractivity contribution is 0.460. The third-order valence-corrected chi connectivity index (χ3v) is 3.27. The number of hydrogen-bond acceptors (Lipinski definition) is 6. The zero-order valence-corrected chi connectivity index (χ0v) is 11.6. The second-order valence-electron chi connectivity index (χ2n) is 4.71. The van der Waals surface area contributed by atoms with E-state index in [1.807, 2.05) is 6.07 Å². The number of phenolic OH excluding ortho intramolecular Hbond substituents is 1. The second kappa shape index (κ2) is 5.33. The minimum atomic E-state index is -0.821. The highest BCUT2D eigenvalue weighted by Gasteiger charge is 2.16. The van der Waals surface area contributed by atoms with Crippen LogP contribution in [0.4, 0.5) is 11.4 Å². The molecule has 22 heavy (non-hydrogen) atoms. The summed E-state index contributed by atoms with van der Waals surface area (Å²) < 4.78 is 5.14. The van der Waals surface area contributed by atoms with Crippen molar-refractivity contribution in [2.24, 2.45) is 10.2 Å². The van der Waals surface area contributed by atoms with Gasteiger partial charge in [0.2, 0.25) is 5.69 Å². The number of nitrogens with zero attached hydrogens (tertiary/aromatic N) is 2. The summed E-state index contributed by atoms with van der Waals surface area (Å²) in [6, 6.07) is 11.7. The molecule has 1 aromatic heterocycles. The average molecular weight is 296 g/mol. The number of aromatic hydroxyl groups is 2. The van der Waals surface area contributed by atoms with Crippen molar-refractivity contribution < 1.29 is 14.6 Å². The lowest BCUT2D eigenvalue weighted by Gasteiger charge is -2.05. The minimum Gasteiger partial charge on any atom is -0.508 e. The second-order valence-corrected chi connectivity index (χ2v) is 4.71. The van der Waals surface area contributed by atoms with Crippen molar-refractivity contribution in [3.63, 3.8) is 0 Å². The van der Waals surface area contributed by atoms with Crippen LogP contribution >= 0.6 is 0 Å². The zero-order chi connectivity index (χ0) is 15.7. The van der Waals surface area contributed by atoms with Gasteiger partial charge in [-0.15, -0.1) is 5.11 Å². The first kappa shape index (κ1) is 13.8. The van der Waals surface area contributed by atoms with E-state index < -0.39 is 5.63 Å². The van der Waals surface area contributed by atoms with Gasteiger partial charge in [0.25, 0.3) is 0 Å². The third kappa shape index (κ3) is 2.31. The van der Waals surface area contributed by atoms with Crippen LogP contribution in [0.1, 0.15) is 5.56 Å². The fourth-order valence-corrected chi connectivity index (χ4v) is 2.06. The molecule has 3 aromatic rings. The lowest BCUT2D eigenvalue weighted by atomic mass is 10.1. The molecule has 0 aliphatic carbocycles. The Hall–Kier alpha value is -3.15. The zero-order valence-electron chi connectivity index (χ0n) is 11.6. The van der Waals surface area contributed by atoms with Crippen LogP contribution in [0.5, 0.6) is 11.5 Å². The molecule has 0 bridgehead atoms. The highest BCUT2D eigenvalue weighted by molar-refractivity contribution is 5.90. The maximum absolute atomic E-state index is 12.0. The molecule has 1 heterocycles. The van der Waals surface area contributed by atoms with E-state index in [9.17, 15) is 15.0 Å². The van der Waals surface area contributed by atoms with Crippen molar-refractivity contribution in [2.45, 2.75) is 6.92 Å². The molecule has 0 aliphatic rings. The van der Waals surface area contributed by atoms with Crippen LogP contribution < -0.4 is 5.63 Å². The van der Waals surface area contributed by atoms with Crippen LogP contribution in [0.3, 0.4) is 0 Å². The monoisotopic (exact) mass is 296 g/mol. The molecule has 6 nitrogen and oxygen atoms in total. The highest BCUT2D eigenvalue weighted by Crippen LogP contribution is 2.36. The fraction of sp³-hybridized carbons (Fsp3) is 0.0625. The minimum absolute atomic E-state index is 0.0197. The molecule has 6 heteroatoms. The van der Waals surface area contributed by atoms with Gasteiger partial charge in [-0.25, -0.2) is 4.79 Å². The first-order chi connectivity index (χ1) is 10.6. The molecular formula is C16H12N2O4. The normalized spacial score (nSPS) is 11.3. The Morgan fingerprint density at radius 3 is 2.45 bits per heavy atom.